The van der Waals surface area contributed by atoms with Crippen molar-refractivity contribution >= 4 is 16.5 Å². The molecule has 2 aliphatic rings. The van der Waals surface area contributed by atoms with E-state index in [9.17, 15) is 0 Å². The molecule has 1 N–H and O–H groups in total. The molecule has 0 bridgehead atoms. The number of anilines is 1. The maximum absolute atomic E-state index is 4.79. The van der Waals surface area contributed by atoms with Gasteiger partial charge in [-0.2, -0.15) is 0 Å². The van der Waals surface area contributed by atoms with E-state index in [1.807, 2.05) is 0 Å². The highest BCUT2D eigenvalue weighted by atomic mass is 32.1. The number of aryl methyl sites for hydroxylation is 3. The molecular formula is C16H18N2S. The maximum Gasteiger partial charge on any atom is 0.183 e. The Bertz CT molecular complexity index is 626. The predicted molar refractivity (Wildman–Crippen MR) is 81.0 cm³/mol. The summed E-state index contributed by atoms with van der Waals surface area (Å²) in [5, 5.41) is 4.60. The van der Waals surface area contributed by atoms with E-state index in [4.69, 9.17) is 4.98 Å². The Morgan fingerprint density at radius 2 is 2.05 bits per heavy atom. The molecule has 0 radical (unpaired) electrons. The molecule has 0 aliphatic heterocycles. The SMILES string of the molecule is Cc1sc(NC2CC2)nc1-c1ccc2c(c1)CCC2. The third kappa shape index (κ3) is 2.16. The van der Waals surface area contributed by atoms with Crippen LogP contribution < -0.4 is 5.32 Å². The van der Waals surface area contributed by atoms with Gasteiger partial charge in [0.15, 0.2) is 5.13 Å². The van der Waals surface area contributed by atoms with Crippen LogP contribution in [-0.4, -0.2) is 11.0 Å². The van der Waals surface area contributed by atoms with Crippen molar-refractivity contribution in [1.29, 1.82) is 0 Å². The van der Waals surface area contributed by atoms with Crippen molar-refractivity contribution in [3.8, 4) is 11.3 Å². The smallest absolute Gasteiger partial charge is 0.183 e. The average molecular weight is 270 g/mol. The van der Waals surface area contributed by atoms with E-state index in [0.29, 0.717) is 6.04 Å². The van der Waals surface area contributed by atoms with Gasteiger partial charge in [0.05, 0.1) is 5.69 Å². The molecule has 2 nitrogen and oxygen atoms in total. The highest BCUT2D eigenvalue weighted by molar-refractivity contribution is 7.16. The summed E-state index contributed by atoms with van der Waals surface area (Å²) in [5.74, 6) is 0. The van der Waals surface area contributed by atoms with Gasteiger partial charge in [-0.25, -0.2) is 4.98 Å². The number of thiazole rings is 1. The van der Waals surface area contributed by atoms with Crippen molar-refractivity contribution in [2.24, 2.45) is 0 Å². The molecule has 1 heterocycles. The molecule has 19 heavy (non-hydrogen) atoms. The summed E-state index contributed by atoms with van der Waals surface area (Å²) in [6, 6.07) is 7.57. The minimum atomic E-state index is 0.679. The van der Waals surface area contributed by atoms with Gasteiger partial charge in [0, 0.05) is 16.5 Å². The van der Waals surface area contributed by atoms with Crippen LogP contribution in [0, 0.1) is 6.92 Å². The van der Waals surface area contributed by atoms with Gasteiger partial charge in [-0.1, -0.05) is 12.1 Å². The van der Waals surface area contributed by atoms with E-state index < -0.39 is 0 Å². The summed E-state index contributed by atoms with van der Waals surface area (Å²) in [6.45, 7) is 2.18. The van der Waals surface area contributed by atoms with Crippen molar-refractivity contribution in [1.82, 2.24) is 4.98 Å². The van der Waals surface area contributed by atoms with Gasteiger partial charge in [-0.05, 0) is 56.2 Å². The van der Waals surface area contributed by atoms with Crippen LogP contribution in [0.3, 0.4) is 0 Å². The first-order chi connectivity index (χ1) is 9.29. The zero-order valence-corrected chi connectivity index (χ0v) is 12.0. The fraction of sp³-hybridized carbons (Fsp3) is 0.438. The lowest BCUT2D eigenvalue weighted by Gasteiger charge is -2.03. The van der Waals surface area contributed by atoms with Gasteiger partial charge in [-0.15, -0.1) is 11.3 Å². The van der Waals surface area contributed by atoms with Gasteiger partial charge in [0.1, 0.15) is 0 Å². The summed E-state index contributed by atoms with van der Waals surface area (Å²) in [5.41, 5.74) is 5.52. The number of rotatable bonds is 3. The van der Waals surface area contributed by atoms with E-state index in [2.05, 4.69) is 30.4 Å². The minimum absolute atomic E-state index is 0.679. The Morgan fingerprint density at radius 1 is 1.21 bits per heavy atom. The van der Waals surface area contributed by atoms with Crippen LogP contribution in [0.4, 0.5) is 5.13 Å². The van der Waals surface area contributed by atoms with E-state index in [1.165, 1.54) is 59.4 Å². The lowest BCUT2D eigenvalue weighted by Crippen LogP contribution is -1.99. The summed E-state index contributed by atoms with van der Waals surface area (Å²) >= 11 is 1.79. The molecule has 2 aliphatic carbocycles. The van der Waals surface area contributed by atoms with Crippen LogP contribution in [0.15, 0.2) is 18.2 Å². The number of nitrogens with one attached hydrogen (secondary N) is 1. The van der Waals surface area contributed by atoms with Crippen LogP contribution >= 0.6 is 11.3 Å². The summed E-state index contributed by atoms with van der Waals surface area (Å²) < 4.78 is 0. The second-order valence-electron chi connectivity index (χ2n) is 5.68. The third-order valence-corrected chi connectivity index (χ3v) is 4.98. The van der Waals surface area contributed by atoms with Crippen molar-refractivity contribution in [2.45, 2.75) is 45.1 Å². The Morgan fingerprint density at radius 3 is 2.89 bits per heavy atom. The molecule has 0 saturated heterocycles. The normalized spacial score (nSPS) is 17.5. The molecule has 3 heteroatoms. The second-order valence-corrected chi connectivity index (χ2v) is 6.88. The fourth-order valence-electron chi connectivity index (χ4n) is 2.85. The highest BCUT2D eigenvalue weighted by Crippen LogP contribution is 2.35. The van der Waals surface area contributed by atoms with Crippen molar-refractivity contribution in [3.05, 3.63) is 34.2 Å². The zero-order chi connectivity index (χ0) is 12.8. The summed E-state index contributed by atoms with van der Waals surface area (Å²) in [4.78, 5) is 6.11. The topological polar surface area (TPSA) is 24.9 Å². The van der Waals surface area contributed by atoms with E-state index in [0.717, 1.165) is 5.13 Å². The first-order valence-corrected chi connectivity index (χ1v) is 7.97. The van der Waals surface area contributed by atoms with Crippen LogP contribution in [0.5, 0.6) is 0 Å². The number of benzene rings is 1. The highest BCUT2D eigenvalue weighted by Gasteiger charge is 2.23. The third-order valence-electron chi connectivity index (χ3n) is 4.07. The number of fused-ring (bicyclic) bond motifs is 1. The second kappa shape index (κ2) is 4.34. The number of hydrogen-bond donors (Lipinski definition) is 1. The summed E-state index contributed by atoms with van der Waals surface area (Å²) in [7, 11) is 0. The van der Waals surface area contributed by atoms with Crippen LogP contribution in [0.25, 0.3) is 11.3 Å². The Balaban J connectivity index is 1.68. The Kier molecular flexibility index (Phi) is 2.62. The first-order valence-electron chi connectivity index (χ1n) is 7.16. The molecular weight excluding hydrogens is 252 g/mol. The first kappa shape index (κ1) is 11.5. The fourth-order valence-corrected chi connectivity index (χ4v) is 3.76. The Hall–Kier alpha value is -1.35. The standard InChI is InChI=1S/C16H18N2S/c1-10-15(18-16(19-10)17-14-7-8-14)13-6-5-11-3-2-4-12(11)9-13/h5-6,9,14H,2-4,7-8H2,1H3,(H,17,18). The van der Waals surface area contributed by atoms with Crippen LogP contribution in [-0.2, 0) is 12.8 Å². The molecule has 0 amide bonds. The molecule has 0 atom stereocenters. The van der Waals surface area contributed by atoms with E-state index in [-0.39, 0.29) is 0 Å². The average Bonchev–Trinajstić information content (AvgIpc) is 2.96. The minimum Gasteiger partial charge on any atom is -0.359 e. The lowest BCUT2D eigenvalue weighted by molar-refractivity contribution is 0.912. The quantitative estimate of drug-likeness (QED) is 0.905. The van der Waals surface area contributed by atoms with Crippen molar-refractivity contribution in [3.63, 3.8) is 0 Å². The van der Waals surface area contributed by atoms with Crippen molar-refractivity contribution in [2.75, 3.05) is 5.32 Å². The van der Waals surface area contributed by atoms with Gasteiger partial charge in [0.25, 0.3) is 0 Å². The molecule has 98 valence electrons. The largest absolute Gasteiger partial charge is 0.359 e. The maximum atomic E-state index is 4.79. The number of aromatic nitrogens is 1. The predicted octanol–water partition coefficient (Wildman–Crippen LogP) is 4.18. The number of hydrogen-bond acceptors (Lipinski definition) is 3. The van der Waals surface area contributed by atoms with Crippen LogP contribution in [0.2, 0.25) is 0 Å². The van der Waals surface area contributed by atoms with Gasteiger partial charge >= 0.3 is 0 Å². The molecule has 0 unspecified atom stereocenters. The van der Waals surface area contributed by atoms with Crippen LogP contribution in [0.1, 0.15) is 35.3 Å². The van der Waals surface area contributed by atoms with Gasteiger partial charge < -0.3 is 5.32 Å². The molecule has 1 aromatic heterocycles. The Labute approximate surface area is 117 Å². The summed E-state index contributed by atoms with van der Waals surface area (Å²) in [6.07, 6.45) is 6.39. The molecule has 4 rings (SSSR count). The lowest BCUT2D eigenvalue weighted by atomic mass is 10.0. The molecule has 0 spiro atoms. The van der Waals surface area contributed by atoms with Gasteiger partial charge in [0.2, 0.25) is 0 Å². The molecule has 2 aromatic rings. The molecule has 1 saturated carbocycles. The number of nitrogens with zero attached hydrogens (tertiary/aromatic N) is 1. The molecule has 1 fully saturated rings. The van der Waals surface area contributed by atoms with Gasteiger partial charge in [-0.3, -0.25) is 0 Å². The van der Waals surface area contributed by atoms with Crippen molar-refractivity contribution < 1.29 is 0 Å². The monoisotopic (exact) mass is 270 g/mol. The van der Waals surface area contributed by atoms with E-state index in [1.54, 1.807) is 11.3 Å². The molecule has 1 aromatic carbocycles. The van der Waals surface area contributed by atoms with E-state index >= 15 is 0 Å². The zero-order valence-electron chi connectivity index (χ0n) is 11.2.